The zero-order chi connectivity index (χ0) is 15.2. The van der Waals surface area contributed by atoms with Crippen molar-refractivity contribution < 1.29 is 9.59 Å². The lowest BCUT2D eigenvalue weighted by molar-refractivity contribution is -0.123. The van der Waals surface area contributed by atoms with Crippen molar-refractivity contribution in [3.05, 3.63) is 29.8 Å². The van der Waals surface area contributed by atoms with Gasteiger partial charge in [-0.05, 0) is 24.0 Å². The van der Waals surface area contributed by atoms with E-state index in [1.54, 1.807) is 4.90 Å². The molecule has 0 spiro atoms. The third kappa shape index (κ3) is 4.29. The number of nitrogens with zero attached hydrogens (tertiary/aromatic N) is 1. The Kier molecular flexibility index (Phi) is 5.33. The van der Waals surface area contributed by atoms with Crippen LogP contribution in [0.15, 0.2) is 24.3 Å². The summed E-state index contributed by atoms with van der Waals surface area (Å²) in [6, 6.07) is 7.70. The lowest BCUT2D eigenvalue weighted by Gasteiger charge is -2.22. The van der Waals surface area contributed by atoms with Crippen molar-refractivity contribution in [3.63, 3.8) is 0 Å². The topological polar surface area (TPSA) is 61.4 Å². The van der Waals surface area contributed by atoms with Gasteiger partial charge in [0.15, 0.2) is 0 Å². The molecule has 0 fully saturated rings. The molecular weight excluding hydrogens is 266 g/mol. The number of rotatable bonds is 5. The van der Waals surface area contributed by atoms with E-state index in [0.717, 1.165) is 17.7 Å². The Morgan fingerprint density at radius 2 is 2.10 bits per heavy atom. The third-order valence-corrected chi connectivity index (χ3v) is 3.52. The highest BCUT2D eigenvalue weighted by molar-refractivity contribution is 6.00. The van der Waals surface area contributed by atoms with E-state index in [1.165, 1.54) is 0 Å². The monoisotopic (exact) mass is 289 g/mol. The Morgan fingerprint density at radius 1 is 1.33 bits per heavy atom. The molecular formula is C16H23N3O2. The maximum atomic E-state index is 12.2. The van der Waals surface area contributed by atoms with Gasteiger partial charge in [-0.15, -0.1) is 0 Å². The number of anilines is 1. The number of para-hydroxylation sites is 1. The van der Waals surface area contributed by atoms with Gasteiger partial charge in [-0.1, -0.05) is 32.0 Å². The summed E-state index contributed by atoms with van der Waals surface area (Å²) in [5.74, 6) is 0.370. The SMILES string of the molecule is CC(C)CCNC(=O)CN1C(=O)CNCc2ccccc21. The summed E-state index contributed by atoms with van der Waals surface area (Å²) >= 11 is 0. The Balaban J connectivity index is 2.03. The molecule has 1 aromatic carbocycles. The lowest BCUT2D eigenvalue weighted by atomic mass is 10.1. The first-order valence-corrected chi connectivity index (χ1v) is 7.43. The first kappa shape index (κ1) is 15.5. The van der Waals surface area contributed by atoms with Gasteiger partial charge in [0.1, 0.15) is 6.54 Å². The first-order chi connectivity index (χ1) is 10.1. The summed E-state index contributed by atoms with van der Waals surface area (Å²) in [7, 11) is 0. The lowest BCUT2D eigenvalue weighted by Crippen LogP contribution is -2.43. The van der Waals surface area contributed by atoms with Crippen molar-refractivity contribution in [1.82, 2.24) is 10.6 Å². The molecule has 2 rings (SSSR count). The van der Waals surface area contributed by atoms with Crippen LogP contribution in [0.5, 0.6) is 0 Å². The first-order valence-electron chi connectivity index (χ1n) is 7.43. The fourth-order valence-corrected chi connectivity index (χ4v) is 2.33. The fourth-order valence-electron chi connectivity index (χ4n) is 2.33. The van der Waals surface area contributed by atoms with Crippen molar-refractivity contribution in [2.45, 2.75) is 26.8 Å². The van der Waals surface area contributed by atoms with E-state index in [0.29, 0.717) is 19.0 Å². The number of hydrogen-bond donors (Lipinski definition) is 2. The second-order valence-corrected chi connectivity index (χ2v) is 5.74. The average Bonchev–Trinajstić information content (AvgIpc) is 2.59. The predicted molar refractivity (Wildman–Crippen MR) is 83.0 cm³/mol. The summed E-state index contributed by atoms with van der Waals surface area (Å²) in [4.78, 5) is 25.8. The van der Waals surface area contributed by atoms with Gasteiger partial charge in [0, 0.05) is 18.8 Å². The molecule has 114 valence electrons. The highest BCUT2D eigenvalue weighted by Crippen LogP contribution is 2.22. The van der Waals surface area contributed by atoms with E-state index < -0.39 is 0 Å². The molecule has 0 unspecified atom stereocenters. The molecule has 5 nitrogen and oxygen atoms in total. The Morgan fingerprint density at radius 3 is 2.86 bits per heavy atom. The van der Waals surface area contributed by atoms with Crippen LogP contribution in [-0.4, -0.2) is 31.4 Å². The molecule has 0 bridgehead atoms. The molecule has 0 radical (unpaired) electrons. The summed E-state index contributed by atoms with van der Waals surface area (Å²) in [6.45, 7) is 5.87. The molecule has 21 heavy (non-hydrogen) atoms. The average molecular weight is 289 g/mol. The Bertz CT molecular complexity index is 514. The molecule has 0 atom stereocenters. The van der Waals surface area contributed by atoms with Crippen LogP contribution in [0.25, 0.3) is 0 Å². The van der Waals surface area contributed by atoms with Crippen LogP contribution in [0.2, 0.25) is 0 Å². The number of carbonyl (C=O) groups excluding carboxylic acids is 2. The smallest absolute Gasteiger partial charge is 0.241 e. The Hall–Kier alpha value is -1.88. The largest absolute Gasteiger partial charge is 0.355 e. The van der Waals surface area contributed by atoms with Gasteiger partial charge in [-0.25, -0.2) is 0 Å². The number of fused-ring (bicyclic) bond motifs is 1. The minimum absolute atomic E-state index is 0.0704. The van der Waals surface area contributed by atoms with Crippen molar-refractivity contribution in [2.24, 2.45) is 5.92 Å². The number of hydrogen-bond acceptors (Lipinski definition) is 3. The predicted octanol–water partition coefficient (Wildman–Crippen LogP) is 1.29. The van der Waals surface area contributed by atoms with Gasteiger partial charge in [-0.2, -0.15) is 0 Å². The maximum absolute atomic E-state index is 12.2. The molecule has 0 aromatic heterocycles. The van der Waals surface area contributed by atoms with Crippen LogP contribution >= 0.6 is 0 Å². The molecule has 2 N–H and O–H groups in total. The van der Waals surface area contributed by atoms with Gasteiger partial charge in [0.2, 0.25) is 11.8 Å². The normalized spacial score (nSPS) is 14.8. The van der Waals surface area contributed by atoms with Crippen LogP contribution in [0.4, 0.5) is 5.69 Å². The fraction of sp³-hybridized carbons (Fsp3) is 0.500. The van der Waals surface area contributed by atoms with E-state index in [9.17, 15) is 9.59 Å². The van der Waals surface area contributed by atoms with Crippen LogP contribution in [0, 0.1) is 5.92 Å². The van der Waals surface area contributed by atoms with E-state index in [4.69, 9.17) is 0 Å². The maximum Gasteiger partial charge on any atom is 0.241 e. The highest BCUT2D eigenvalue weighted by Gasteiger charge is 2.23. The number of benzene rings is 1. The summed E-state index contributed by atoms with van der Waals surface area (Å²) < 4.78 is 0. The minimum Gasteiger partial charge on any atom is -0.355 e. The van der Waals surface area contributed by atoms with Crippen molar-refractivity contribution in [3.8, 4) is 0 Å². The highest BCUT2D eigenvalue weighted by atomic mass is 16.2. The molecule has 5 heteroatoms. The molecule has 0 saturated carbocycles. The van der Waals surface area contributed by atoms with E-state index >= 15 is 0 Å². The third-order valence-electron chi connectivity index (χ3n) is 3.52. The zero-order valence-electron chi connectivity index (χ0n) is 12.7. The van der Waals surface area contributed by atoms with Crippen molar-refractivity contribution in [2.75, 3.05) is 24.5 Å². The molecule has 0 aliphatic carbocycles. The van der Waals surface area contributed by atoms with Gasteiger partial charge in [0.05, 0.1) is 6.54 Å². The molecule has 1 aliphatic heterocycles. The van der Waals surface area contributed by atoms with Gasteiger partial charge >= 0.3 is 0 Å². The van der Waals surface area contributed by atoms with Gasteiger partial charge in [0.25, 0.3) is 0 Å². The molecule has 2 amide bonds. The van der Waals surface area contributed by atoms with Crippen molar-refractivity contribution in [1.29, 1.82) is 0 Å². The molecule has 0 saturated heterocycles. The van der Waals surface area contributed by atoms with Crippen molar-refractivity contribution >= 4 is 17.5 Å². The summed E-state index contributed by atoms with van der Waals surface area (Å²) in [5, 5.41) is 5.97. The second-order valence-electron chi connectivity index (χ2n) is 5.74. The zero-order valence-corrected chi connectivity index (χ0v) is 12.7. The second kappa shape index (κ2) is 7.22. The van der Waals surface area contributed by atoms with Gasteiger partial charge in [-0.3, -0.25) is 9.59 Å². The minimum atomic E-state index is -0.110. The van der Waals surface area contributed by atoms with Crippen LogP contribution in [0.1, 0.15) is 25.8 Å². The molecule has 1 heterocycles. The molecule has 1 aliphatic rings. The Labute approximate surface area is 125 Å². The standard InChI is InChI=1S/C16H23N3O2/c1-12(2)7-8-18-15(20)11-19-14-6-4-3-5-13(14)9-17-10-16(19)21/h3-6,12,17H,7-11H2,1-2H3,(H,18,20). The van der Waals surface area contributed by atoms with Gasteiger partial charge < -0.3 is 15.5 Å². The number of carbonyl (C=O) groups is 2. The van der Waals surface area contributed by atoms with Crippen LogP contribution in [-0.2, 0) is 16.1 Å². The van der Waals surface area contributed by atoms with Crippen LogP contribution in [0.3, 0.4) is 0 Å². The quantitative estimate of drug-likeness (QED) is 0.858. The van der Waals surface area contributed by atoms with E-state index in [2.05, 4.69) is 24.5 Å². The summed E-state index contributed by atoms with van der Waals surface area (Å²) in [5.41, 5.74) is 1.87. The van der Waals surface area contributed by atoms with Crippen LogP contribution < -0.4 is 15.5 Å². The summed E-state index contributed by atoms with van der Waals surface area (Å²) in [6.07, 6.45) is 0.942. The number of amides is 2. The van der Waals surface area contributed by atoms with E-state index in [1.807, 2.05) is 24.3 Å². The molecule has 1 aromatic rings. The van der Waals surface area contributed by atoms with E-state index in [-0.39, 0.29) is 24.9 Å². The number of nitrogens with one attached hydrogen (secondary N) is 2.